The Balaban J connectivity index is 1.46. The van der Waals surface area contributed by atoms with Crippen LogP contribution in [0.25, 0.3) is 11.4 Å². The summed E-state index contributed by atoms with van der Waals surface area (Å²) in [5.74, 6) is 2.35. The van der Waals surface area contributed by atoms with Crippen LogP contribution in [0.4, 0.5) is 11.8 Å². The van der Waals surface area contributed by atoms with Gasteiger partial charge in [-0.3, -0.25) is 4.98 Å². The van der Waals surface area contributed by atoms with Crippen LogP contribution < -0.4 is 9.80 Å². The predicted octanol–water partition coefficient (Wildman–Crippen LogP) is 1.52. The Labute approximate surface area is 156 Å². The number of aliphatic hydroxyl groups is 1. The Bertz CT molecular complexity index is 886. The van der Waals surface area contributed by atoms with E-state index < -0.39 is 0 Å². The van der Waals surface area contributed by atoms with Gasteiger partial charge in [-0.2, -0.15) is 9.97 Å². The van der Waals surface area contributed by atoms with Gasteiger partial charge in [-0.1, -0.05) is 5.16 Å². The summed E-state index contributed by atoms with van der Waals surface area (Å²) in [6.07, 6.45) is 6.60. The van der Waals surface area contributed by atoms with Crippen molar-refractivity contribution in [3.05, 3.63) is 42.7 Å². The van der Waals surface area contributed by atoms with E-state index in [0.717, 1.165) is 30.8 Å². The lowest BCUT2D eigenvalue weighted by molar-refractivity contribution is 0.154. The molecule has 0 radical (unpaired) electrons. The van der Waals surface area contributed by atoms with Gasteiger partial charge in [-0.05, 0) is 31.0 Å². The molecule has 0 spiro atoms. The zero-order valence-corrected chi connectivity index (χ0v) is 15.1. The minimum atomic E-state index is -0.306. The van der Waals surface area contributed by atoms with Crippen LogP contribution in [0, 0.1) is 0 Å². The van der Waals surface area contributed by atoms with Crippen LogP contribution in [0.2, 0.25) is 0 Å². The van der Waals surface area contributed by atoms with E-state index in [1.807, 2.05) is 30.1 Å². The maximum absolute atomic E-state index is 9.88. The third kappa shape index (κ3) is 4.03. The third-order valence-corrected chi connectivity index (χ3v) is 4.45. The van der Waals surface area contributed by atoms with Crippen molar-refractivity contribution in [1.29, 1.82) is 0 Å². The van der Waals surface area contributed by atoms with E-state index >= 15 is 0 Å². The van der Waals surface area contributed by atoms with Crippen LogP contribution in [0.15, 0.2) is 41.3 Å². The first-order chi connectivity index (χ1) is 13.2. The van der Waals surface area contributed by atoms with Gasteiger partial charge in [-0.25, -0.2) is 4.98 Å². The molecule has 0 aromatic carbocycles. The van der Waals surface area contributed by atoms with E-state index in [9.17, 15) is 5.11 Å². The quantitative estimate of drug-likeness (QED) is 0.718. The first-order valence-electron chi connectivity index (χ1n) is 8.89. The fraction of sp³-hybridized carbons (Fsp3) is 0.389. The largest absolute Gasteiger partial charge is 0.391 e. The fourth-order valence-corrected chi connectivity index (χ4v) is 3.07. The van der Waals surface area contributed by atoms with Crippen LogP contribution >= 0.6 is 0 Å². The van der Waals surface area contributed by atoms with Crippen molar-refractivity contribution in [3.63, 3.8) is 0 Å². The SMILES string of the molecule is CN(Cc1nc(-c2cccnc2)no1)c1nccc(N2CCC[C@H](O)C2)n1. The molecule has 3 aromatic heterocycles. The monoisotopic (exact) mass is 367 g/mol. The molecule has 4 heterocycles. The van der Waals surface area contributed by atoms with Crippen molar-refractivity contribution in [1.82, 2.24) is 25.1 Å². The molecule has 1 aliphatic heterocycles. The Hall–Kier alpha value is -3.07. The Morgan fingerprint density at radius 3 is 3.04 bits per heavy atom. The van der Waals surface area contributed by atoms with Gasteiger partial charge in [0.25, 0.3) is 0 Å². The number of hydrogen-bond donors (Lipinski definition) is 1. The summed E-state index contributed by atoms with van der Waals surface area (Å²) in [5.41, 5.74) is 0.803. The summed E-state index contributed by atoms with van der Waals surface area (Å²) in [5, 5.41) is 13.9. The number of anilines is 2. The molecule has 0 amide bonds. The molecule has 4 rings (SSSR count). The molecule has 0 unspecified atom stereocenters. The maximum atomic E-state index is 9.88. The average Bonchev–Trinajstić information content (AvgIpc) is 3.17. The summed E-state index contributed by atoms with van der Waals surface area (Å²) in [6.45, 7) is 1.87. The van der Waals surface area contributed by atoms with E-state index in [0.29, 0.717) is 30.8 Å². The maximum Gasteiger partial charge on any atom is 0.246 e. The molecular formula is C18H21N7O2. The molecule has 140 valence electrons. The Kier molecular flexibility index (Phi) is 4.93. The second-order valence-electron chi connectivity index (χ2n) is 6.57. The van der Waals surface area contributed by atoms with E-state index in [2.05, 4.69) is 30.0 Å². The molecule has 1 N–H and O–H groups in total. The van der Waals surface area contributed by atoms with Gasteiger partial charge in [0, 0.05) is 44.3 Å². The molecule has 3 aromatic rings. The van der Waals surface area contributed by atoms with Crippen molar-refractivity contribution < 1.29 is 9.63 Å². The highest BCUT2D eigenvalue weighted by Gasteiger charge is 2.20. The number of nitrogens with zero attached hydrogens (tertiary/aromatic N) is 7. The molecule has 0 bridgehead atoms. The van der Waals surface area contributed by atoms with Crippen molar-refractivity contribution in [3.8, 4) is 11.4 Å². The first-order valence-corrected chi connectivity index (χ1v) is 8.89. The van der Waals surface area contributed by atoms with Crippen molar-refractivity contribution >= 4 is 11.8 Å². The highest BCUT2D eigenvalue weighted by Crippen LogP contribution is 2.20. The van der Waals surface area contributed by atoms with E-state index in [4.69, 9.17) is 4.52 Å². The number of pyridine rings is 1. The molecule has 1 atom stereocenters. The van der Waals surface area contributed by atoms with Crippen LogP contribution in [0.5, 0.6) is 0 Å². The summed E-state index contributed by atoms with van der Waals surface area (Å²) < 4.78 is 5.34. The van der Waals surface area contributed by atoms with E-state index in [1.54, 1.807) is 18.6 Å². The number of rotatable bonds is 5. The van der Waals surface area contributed by atoms with Crippen LogP contribution in [-0.4, -0.2) is 56.4 Å². The lowest BCUT2D eigenvalue weighted by Crippen LogP contribution is -2.38. The number of piperidine rings is 1. The first kappa shape index (κ1) is 17.3. The highest BCUT2D eigenvalue weighted by molar-refractivity contribution is 5.52. The summed E-state index contributed by atoms with van der Waals surface area (Å²) in [6, 6.07) is 5.57. The molecule has 9 heteroatoms. The molecule has 9 nitrogen and oxygen atoms in total. The van der Waals surface area contributed by atoms with Gasteiger partial charge in [0.1, 0.15) is 5.82 Å². The van der Waals surface area contributed by atoms with Gasteiger partial charge in [0.05, 0.1) is 12.6 Å². The second-order valence-corrected chi connectivity index (χ2v) is 6.57. The number of aliphatic hydroxyl groups excluding tert-OH is 1. The minimum Gasteiger partial charge on any atom is -0.391 e. The third-order valence-electron chi connectivity index (χ3n) is 4.45. The Morgan fingerprint density at radius 2 is 2.22 bits per heavy atom. The van der Waals surface area contributed by atoms with Crippen molar-refractivity contribution in [2.75, 3.05) is 29.9 Å². The zero-order chi connectivity index (χ0) is 18.6. The van der Waals surface area contributed by atoms with Gasteiger partial charge < -0.3 is 19.4 Å². The summed E-state index contributed by atoms with van der Waals surface area (Å²) in [4.78, 5) is 21.4. The van der Waals surface area contributed by atoms with Crippen molar-refractivity contribution in [2.24, 2.45) is 0 Å². The van der Waals surface area contributed by atoms with Crippen LogP contribution in [0.3, 0.4) is 0 Å². The van der Waals surface area contributed by atoms with Crippen LogP contribution in [-0.2, 0) is 6.54 Å². The number of hydrogen-bond acceptors (Lipinski definition) is 9. The van der Waals surface area contributed by atoms with Gasteiger partial charge >= 0.3 is 0 Å². The summed E-state index contributed by atoms with van der Waals surface area (Å²) >= 11 is 0. The minimum absolute atomic E-state index is 0.306. The lowest BCUT2D eigenvalue weighted by Gasteiger charge is -2.31. The van der Waals surface area contributed by atoms with Crippen LogP contribution in [0.1, 0.15) is 18.7 Å². The number of β-amino-alcohol motifs (C(OH)–C–C–N with tert-alkyl or cyclic N) is 1. The average molecular weight is 367 g/mol. The van der Waals surface area contributed by atoms with Crippen molar-refractivity contribution in [2.45, 2.75) is 25.5 Å². The van der Waals surface area contributed by atoms with E-state index in [-0.39, 0.29) is 6.10 Å². The Morgan fingerprint density at radius 1 is 1.30 bits per heavy atom. The number of aromatic nitrogens is 5. The molecule has 1 saturated heterocycles. The molecular weight excluding hydrogens is 346 g/mol. The predicted molar refractivity (Wildman–Crippen MR) is 99.1 cm³/mol. The fourth-order valence-electron chi connectivity index (χ4n) is 3.07. The van der Waals surface area contributed by atoms with Gasteiger partial charge in [0.15, 0.2) is 0 Å². The molecule has 0 aliphatic carbocycles. The lowest BCUT2D eigenvalue weighted by atomic mass is 10.1. The van der Waals surface area contributed by atoms with E-state index in [1.165, 1.54) is 0 Å². The smallest absolute Gasteiger partial charge is 0.246 e. The molecule has 1 fully saturated rings. The molecule has 0 saturated carbocycles. The van der Waals surface area contributed by atoms with Gasteiger partial charge in [-0.15, -0.1) is 0 Å². The zero-order valence-electron chi connectivity index (χ0n) is 15.1. The molecule has 27 heavy (non-hydrogen) atoms. The second kappa shape index (κ2) is 7.67. The normalized spacial score (nSPS) is 17.1. The highest BCUT2D eigenvalue weighted by atomic mass is 16.5. The molecule has 1 aliphatic rings. The summed E-state index contributed by atoms with van der Waals surface area (Å²) in [7, 11) is 1.87. The topological polar surface area (TPSA) is 104 Å². The standard InChI is InChI=1S/C18H21N7O2/c1-24(12-16-22-17(23-27-16)13-4-2-7-19-10-13)18-20-8-6-15(21-18)25-9-3-5-14(26)11-25/h2,4,6-8,10,14,26H,3,5,9,11-12H2,1H3/t14-/m0/s1. The van der Waals surface area contributed by atoms with Gasteiger partial charge in [0.2, 0.25) is 17.7 Å².